The predicted octanol–water partition coefficient (Wildman–Crippen LogP) is 4.47. The number of fused-ring (bicyclic) bond motifs is 1. The average molecular weight is 321 g/mol. The molecule has 18 heavy (non-hydrogen) atoms. The Labute approximate surface area is 118 Å². The molecule has 0 atom stereocenters. The van der Waals surface area contributed by atoms with Gasteiger partial charge in [-0.15, -0.1) is 11.3 Å². The molecule has 3 aromatic rings. The highest BCUT2D eigenvalue weighted by atomic mass is 79.9. The van der Waals surface area contributed by atoms with Gasteiger partial charge in [-0.25, -0.2) is 4.98 Å². The largest absolute Gasteiger partial charge is 0.323 e. The first kappa shape index (κ1) is 11.9. The van der Waals surface area contributed by atoms with Crippen LogP contribution in [0.15, 0.2) is 40.2 Å². The van der Waals surface area contributed by atoms with E-state index in [0.717, 1.165) is 28.8 Å². The molecule has 0 saturated carbocycles. The highest BCUT2D eigenvalue weighted by Gasteiger charge is 2.09. The number of thiophene rings is 1. The van der Waals surface area contributed by atoms with Crippen LogP contribution in [0.4, 0.5) is 0 Å². The molecule has 92 valence electrons. The van der Waals surface area contributed by atoms with E-state index in [1.54, 1.807) is 11.3 Å². The van der Waals surface area contributed by atoms with Crippen molar-refractivity contribution in [2.45, 2.75) is 19.9 Å². The third-order valence-corrected chi connectivity index (χ3v) is 4.67. The van der Waals surface area contributed by atoms with Crippen molar-refractivity contribution in [3.05, 3.63) is 50.9 Å². The van der Waals surface area contributed by atoms with Crippen LogP contribution < -0.4 is 0 Å². The summed E-state index contributed by atoms with van der Waals surface area (Å²) in [4.78, 5) is 6.04. The topological polar surface area (TPSA) is 17.8 Å². The lowest BCUT2D eigenvalue weighted by Gasteiger charge is -2.06. The maximum Gasteiger partial charge on any atom is 0.109 e. The number of imidazole rings is 1. The fourth-order valence-electron chi connectivity index (χ4n) is 2.16. The van der Waals surface area contributed by atoms with Crippen LogP contribution in [0.25, 0.3) is 11.0 Å². The lowest BCUT2D eigenvalue weighted by molar-refractivity contribution is 0.761. The Morgan fingerprint density at radius 1 is 1.33 bits per heavy atom. The Balaban J connectivity index is 2.09. The number of para-hydroxylation sites is 2. The summed E-state index contributed by atoms with van der Waals surface area (Å²) in [6.45, 7) is 3.06. The Hall–Kier alpha value is -1.13. The number of benzene rings is 1. The van der Waals surface area contributed by atoms with E-state index in [-0.39, 0.29) is 0 Å². The summed E-state index contributed by atoms with van der Waals surface area (Å²) in [5.74, 6) is 1.15. The number of aromatic nitrogens is 2. The molecule has 0 aliphatic rings. The van der Waals surface area contributed by atoms with Crippen LogP contribution in [0.1, 0.15) is 17.6 Å². The van der Waals surface area contributed by atoms with E-state index in [4.69, 9.17) is 0 Å². The van der Waals surface area contributed by atoms with E-state index < -0.39 is 0 Å². The molecule has 0 radical (unpaired) electrons. The Kier molecular flexibility index (Phi) is 3.22. The third-order valence-electron chi connectivity index (χ3n) is 2.99. The normalized spacial score (nSPS) is 11.2. The second-order valence-electron chi connectivity index (χ2n) is 4.19. The fourth-order valence-corrected chi connectivity index (χ4v) is 3.60. The molecule has 2 nitrogen and oxygen atoms in total. The first-order chi connectivity index (χ1) is 8.78. The number of rotatable bonds is 3. The molecule has 2 aromatic heterocycles. The number of aryl methyl sites for hydroxylation is 1. The molecule has 2 heterocycles. The van der Waals surface area contributed by atoms with E-state index in [2.05, 4.69) is 62.1 Å². The molecule has 3 rings (SSSR count). The smallest absolute Gasteiger partial charge is 0.109 e. The van der Waals surface area contributed by atoms with E-state index in [1.807, 2.05) is 6.07 Å². The highest BCUT2D eigenvalue weighted by Crippen LogP contribution is 2.24. The quantitative estimate of drug-likeness (QED) is 0.696. The van der Waals surface area contributed by atoms with E-state index in [1.165, 1.54) is 10.4 Å². The predicted molar refractivity (Wildman–Crippen MR) is 80.2 cm³/mol. The summed E-state index contributed by atoms with van der Waals surface area (Å²) in [6, 6.07) is 10.5. The first-order valence-corrected chi connectivity index (χ1v) is 7.62. The first-order valence-electron chi connectivity index (χ1n) is 5.95. The summed E-state index contributed by atoms with van der Waals surface area (Å²) >= 11 is 5.29. The molecule has 0 spiro atoms. The molecule has 1 aromatic carbocycles. The maximum absolute atomic E-state index is 4.69. The van der Waals surface area contributed by atoms with Crippen molar-refractivity contribution in [3.63, 3.8) is 0 Å². The zero-order chi connectivity index (χ0) is 12.5. The van der Waals surface area contributed by atoms with Crippen molar-refractivity contribution < 1.29 is 0 Å². The minimum Gasteiger partial charge on any atom is -0.323 e. The van der Waals surface area contributed by atoms with Gasteiger partial charge in [0.1, 0.15) is 5.82 Å². The average Bonchev–Trinajstić information content (AvgIpc) is 2.94. The third kappa shape index (κ3) is 2.10. The van der Waals surface area contributed by atoms with E-state index >= 15 is 0 Å². The molecular weight excluding hydrogens is 308 g/mol. The van der Waals surface area contributed by atoms with Crippen LogP contribution >= 0.6 is 27.3 Å². The van der Waals surface area contributed by atoms with Gasteiger partial charge in [0.2, 0.25) is 0 Å². The van der Waals surface area contributed by atoms with Gasteiger partial charge in [0.15, 0.2) is 0 Å². The second-order valence-corrected chi connectivity index (χ2v) is 6.10. The van der Waals surface area contributed by atoms with Crippen LogP contribution in [0, 0.1) is 0 Å². The van der Waals surface area contributed by atoms with Gasteiger partial charge < -0.3 is 4.57 Å². The molecule has 0 amide bonds. The molecule has 0 aliphatic heterocycles. The lowest BCUT2D eigenvalue weighted by atomic mass is 10.3. The van der Waals surface area contributed by atoms with Crippen molar-refractivity contribution in [3.8, 4) is 0 Å². The van der Waals surface area contributed by atoms with Gasteiger partial charge in [-0.1, -0.05) is 19.1 Å². The molecule has 0 bridgehead atoms. The van der Waals surface area contributed by atoms with Crippen molar-refractivity contribution >= 4 is 38.3 Å². The molecule has 0 aliphatic carbocycles. The Bertz CT molecular complexity index is 684. The molecule has 0 unspecified atom stereocenters. The van der Waals surface area contributed by atoms with Crippen molar-refractivity contribution in [1.29, 1.82) is 0 Å². The minimum absolute atomic E-state index is 0.903. The van der Waals surface area contributed by atoms with E-state index in [9.17, 15) is 0 Å². The SMILES string of the molecule is CCc1nc2ccccc2n1Cc1cc(Br)cs1. The summed E-state index contributed by atoms with van der Waals surface area (Å²) in [5, 5.41) is 2.13. The Morgan fingerprint density at radius 3 is 2.89 bits per heavy atom. The monoisotopic (exact) mass is 320 g/mol. The zero-order valence-electron chi connectivity index (χ0n) is 10.1. The van der Waals surface area contributed by atoms with Crippen molar-refractivity contribution in [2.24, 2.45) is 0 Å². The standard InChI is InChI=1S/C14H13BrN2S/c1-2-14-16-12-5-3-4-6-13(12)17(14)8-11-7-10(15)9-18-11/h3-7,9H,2,8H2,1H3. The molecule has 0 fully saturated rings. The molecule has 4 heteroatoms. The van der Waals surface area contributed by atoms with Crippen molar-refractivity contribution in [2.75, 3.05) is 0 Å². The van der Waals surface area contributed by atoms with Gasteiger partial charge in [0, 0.05) is 21.2 Å². The van der Waals surface area contributed by atoms with Crippen LogP contribution in [-0.2, 0) is 13.0 Å². The van der Waals surface area contributed by atoms with Gasteiger partial charge in [-0.3, -0.25) is 0 Å². The molecular formula is C14H13BrN2S. The van der Waals surface area contributed by atoms with Gasteiger partial charge >= 0.3 is 0 Å². The van der Waals surface area contributed by atoms with Crippen LogP contribution in [0.3, 0.4) is 0 Å². The number of hydrogen-bond donors (Lipinski definition) is 0. The highest BCUT2D eigenvalue weighted by molar-refractivity contribution is 9.10. The second kappa shape index (κ2) is 4.86. The van der Waals surface area contributed by atoms with Gasteiger partial charge in [-0.2, -0.15) is 0 Å². The maximum atomic E-state index is 4.69. The van der Waals surface area contributed by atoms with E-state index in [0.29, 0.717) is 0 Å². The van der Waals surface area contributed by atoms with Gasteiger partial charge in [0.05, 0.1) is 17.6 Å². The fraction of sp³-hybridized carbons (Fsp3) is 0.214. The van der Waals surface area contributed by atoms with Crippen LogP contribution in [0.5, 0.6) is 0 Å². The number of nitrogens with zero attached hydrogens (tertiary/aromatic N) is 2. The zero-order valence-corrected chi connectivity index (χ0v) is 12.5. The van der Waals surface area contributed by atoms with Crippen molar-refractivity contribution in [1.82, 2.24) is 9.55 Å². The Morgan fingerprint density at radius 2 is 2.17 bits per heavy atom. The summed E-state index contributed by atoms with van der Waals surface area (Å²) < 4.78 is 3.47. The minimum atomic E-state index is 0.903. The van der Waals surface area contributed by atoms with Gasteiger partial charge in [0.25, 0.3) is 0 Å². The lowest BCUT2D eigenvalue weighted by Crippen LogP contribution is -2.02. The van der Waals surface area contributed by atoms with Crippen LogP contribution in [-0.4, -0.2) is 9.55 Å². The summed E-state index contributed by atoms with van der Waals surface area (Å²) in [7, 11) is 0. The number of halogens is 1. The molecule has 0 N–H and O–H groups in total. The summed E-state index contributed by atoms with van der Waals surface area (Å²) in [5.41, 5.74) is 2.31. The summed E-state index contributed by atoms with van der Waals surface area (Å²) in [6.07, 6.45) is 0.960. The molecule has 0 saturated heterocycles. The van der Waals surface area contributed by atoms with Gasteiger partial charge in [-0.05, 0) is 34.1 Å². The number of hydrogen-bond acceptors (Lipinski definition) is 2. The van der Waals surface area contributed by atoms with Crippen LogP contribution in [0.2, 0.25) is 0 Å².